The SMILES string of the molecule is C[Si](C)(Cc1ccc(C[Si](C)(C)c2cccc(CC3CO3)c2)cc1)c1cccc(CC2CO2)c1. The van der Waals surface area contributed by atoms with Crippen molar-refractivity contribution in [2.45, 2.75) is 63.3 Å². The molecule has 2 fully saturated rings. The minimum Gasteiger partial charge on any atom is -0.373 e. The number of benzene rings is 3. The zero-order valence-electron chi connectivity index (χ0n) is 21.1. The highest BCUT2D eigenvalue weighted by atomic mass is 28.3. The second-order valence-corrected chi connectivity index (χ2v) is 21.1. The van der Waals surface area contributed by atoms with Crippen molar-refractivity contribution in [3.63, 3.8) is 0 Å². The Kier molecular flexibility index (Phi) is 6.69. The lowest BCUT2D eigenvalue weighted by Gasteiger charge is -2.25. The zero-order chi connectivity index (χ0) is 23.8. The van der Waals surface area contributed by atoms with Gasteiger partial charge >= 0.3 is 0 Å². The molecule has 0 aromatic heterocycles. The van der Waals surface area contributed by atoms with E-state index in [1.165, 1.54) is 34.3 Å². The van der Waals surface area contributed by atoms with Gasteiger partial charge in [0, 0.05) is 12.8 Å². The molecule has 2 heterocycles. The third-order valence-corrected chi connectivity index (χ3v) is 13.8. The van der Waals surface area contributed by atoms with Crippen molar-refractivity contribution in [2.75, 3.05) is 13.2 Å². The maximum Gasteiger partial charge on any atom is 0.0850 e. The second-order valence-electron chi connectivity index (χ2n) is 11.7. The number of rotatable bonds is 10. The van der Waals surface area contributed by atoms with Crippen LogP contribution in [0.25, 0.3) is 0 Å². The molecule has 0 saturated carbocycles. The second kappa shape index (κ2) is 9.58. The molecule has 5 rings (SSSR count). The first-order chi connectivity index (χ1) is 16.3. The van der Waals surface area contributed by atoms with E-state index < -0.39 is 16.1 Å². The van der Waals surface area contributed by atoms with Crippen molar-refractivity contribution < 1.29 is 9.47 Å². The van der Waals surface area contributed by atoms with Crippen molar-refractivity contribution in [3.8, 4) is 0 Å². The van der Waals surface area contributed by atoms with Gasteiger partial charge in [0.1, 0.15) is 0 Å². The average molecular weight is 487 g/mol. The Hall–Kier alpha value is -1.99. The molecule has 2 unspecified atom stereocenters. The van der Waals surface area contributed by atoms with Gasteiger partial charge < -0.3 is 9.47 Å². The van der Waals surface area contributed by atoms with E-state index in [1.807, 2.05) is 0 Å². The van der Waals surface area contributed by atoms with Crippen LogP contribution in [-0.4, -0.2) is 41.6 Å². The lowest BCUT2D eigenvalue weighted by atomic mass is 10.1. The first-order valence-corrected chi connectivity index (χ1v) is 19.2. The number of epoxide rings is 2. The summed E-state index contributed by atoms with van der Waals surface area (Å²) in [5, 5.41) is 3.11. The van der Waals surface area contributed by atoms with Gasteiger partial charge in [0.05, 0.1) is 41.6 Å². The lowest BCUT2D eigenvalue weighted by molar-refractivity contribution is 0.407. The Bertz CT molecular complexity index is 1040. The molecule has 0 radical (unpaired) electrons. The van der Waals surface area contributed by atoms with Gasteiger partial charge in [-0.2, -0.15) is 0 Å². The van der Waals surface area contributed by atoms with Crippen LogP contribution in [0.1, 0.15) is 22.3 Å². The molecular formula is C30H38O2Si2. The monoisotopic (exact) mass is 486 g/mol. The topological polar surface area (TPSA) is 25.1 Å². The molecule has 2 saturated heterocycles. The molecule has 0 spiro atoms. The fourth-order valence-corrected chi connectivity index (χ4v) is 10.3. The predicted molar refractivity (Wildman–Crippen MR) is 148 cm³/mol. The van der Waals surface area contributed by atoms with Crippen molar-refractivity contribution in [1.82, 2.24) is 0 Å². The molecule has 3 aromatic carbocycles. The van der Waals surface area contributed by atoms with Crippen molar-refractivity contribution in [1.29, 1.82) is 0 Å². The van der Waals surface area contributed by atoms with Gasteiger partial charge in [-0.25, -0.2) is 0 Å². The molecule has 178 valence electrons. The van der Waals surface area contributed by atoms with Crippen molar-refractivity contribution >= 4 is 26.5 Å². The minimum atomic E-state index is -1.56. The number of hydrogen-bond acceptors (Lipinski definition) is 2. The maximum absolute atomic E-state index is 5.44. The van der Waals surface area contributed by atoms with Crippen LogP contribution in [0.5, 0.6) is 0 Å². The molecule has 0 amide bonds. The lowest BCUT2D eigenvalue weighted by Crippen LogP contribution is -2.44. The maximum atomic E-state index is 5.44. The molecule has 34 heavy (non-hydrogen) atoms. The molecular weight excluding hydrogens is 449 g/mol. The van der Waals surface area contributed by atoms with Crippen LogP contribution in [-0.2, 0) is 34.4 Å². The largest absolute Gasteiger partial charge is 0.373 e. The van der Waals surface area contributed by atoms with Gasteiger partial charge in [-0.3, -0.25) is 0 Å². The summed E-state index contributed by atoms with van der Waals surface area (Å²) in [6.07, 6.45) is 3.03. The summed E-state index contributed by atoms with van der Waals surface area (Å²) in [5.74, 6) is 0. The highest BCUT2D eigenvalue weighted by Crippen LogP contribution is 2.20. The molecule has 2 aliphatic rings. The Morgan fingerprint density at radius 3 is 1.32 bits per heavy atom. The molecule has 3 aromatic rings. The molecule has 0 aliphatic carbocycles. The van der Waals surface area contributed by atoms with Crippen LogP contribution in [0.2, 0.25) is 26.2 Å². The summed E-state index contributed by atoms with van der Waals surface area (Å²) >= 11 is 0. The van der Waals surface area contributed by atoms with E-state index in [1.54, 1.807) is 10.4 Å². The van der Waals surface area contributed by atoms with Gasteiger partial charge in [0.2, 0.25) is 0 Å². The van der Waals surface area contributed by atoms with Gasteiger partial charge in [-0.05, 0) is 23.2 Å². The van der Waals surface area contributed by atoms with Crippen LogP contribution in [0.15, 0.2) is 72.8 Å². The minimum absolute atomic E-state index is 0.454. The molecule has 2 nitrogen and oxygen atoms in total. The first-order valence-electron chi connectivity index (χ1n) is 12.8. The standard InChI is InChI=1S/C30H38O2Si2/c1-33(2,29-9-5-7-25(17-29)15-27-19-31-27)21-23-11-13-24(14-12-23)22-34(3,4)30-10-6-8-26(18-30)16-28-20-32-28/h5-14,17-18,27-28H,15-16,19-22H2,1-4H3. The van der Waals surface area contributed by atoms with E-state index in [0.29, 0.717) is 12.2 Å². The summed E-state index contributed by atoms with van der Waals surface area (Å²) in [5.41, 5.74) is 5.80. The molecule has 2 aliphatic heterocycles. The predicted octanol–water partition coefficient (Wildman–Crippen LogP) is 4.96. The van der Waals surface area contributed by atoms with Crippen LogP contribution >= 0.6 is 0 Å². The Labute approximate surface area is 207 Å². The first kappa shape index (κ1) is 23.7. The Morgan fingerprint density at radius 1 is 0.588 bits per heavy atom. The third kappa shape index (κ3) is 6.17. The van der Waals surface area contributed by atoms with Gasteiger partial charge in [-0.15, -0.1) is 0 Å². The molecule has 0 bridgehead atoms. The van der Waals surface area contributed by atoms with E-state index in [-0.39, 0.29) is 0 Å². The fraction of sp³-hybridized carbons (Fsp3) is 0.400. The Morgan fingerprint density at radius 2 is 0.971 bits per heavy atom. The van der Waals surface area contributed by atoms with E-state index in [4.69, 9.17) is 9.47 Å². The van der Waals surface area contributed by atoms with E-state index >= 15 is 0 Å². The summed E-state index contributed by atoms with van der Waals surface area (Å²) in [6.45, 7) is 11.9. The van der Waals surface area contributed by atoms with Crippen LogP contribution in [0.4, 0.5) is 0 Å². The smallest absolute Gasteiger partial charge is 0.0850 e. The third-order valence-electron chi connectivity index (χ3n) is 7.46. The van der Waals surface area contributed by atoms with Crippen LogP contribution in [0, 0.1) is 0 Å². The number of ether oxygens (including phenoxy) is 2. The molecule has 4 heteroatoms. The van der Waals surface area contributed by atoms with Gasteiger partial charge in [0.15, 0.2) is 0 Å². The van der Waals surface area contributed by atoms with Crippen molar-refractivity contribution in [3.05, 3.63) is 95.1 Å². The van der Waals surface area contributed by atoms with E-state index in [9.17, 15) is 0 Å². The molecule has 0 N–H and O–H groups in total. The quantitative estimate of drug-likeness (QED) is 0.299. The normalized spacial score (nSPS) is 19.8. The summed E-state index contributed by atoms with van der Waals surface area (Å²) in [6, 6.07) is 30.5. The molecule has 2 atom stereocenters. The van der Waals surface area contributed by atoms with E-state index in [0.717, 1.165) is 26.1 Å². The van der Waals surface area contributed by atoms with Crippen LogP contribution < -0.4 is 10.4 Å². The Balaban J connectivity index is 1.24. The zero-order valence-corrected chi connectivity index (χ0v) is 23.1. The summed E-state index contributed by atoms with van der Waals surface area (Å²) in [4.78, 5) is 0. The highest BCUT2D eigenvalue weighted by Gasteiger charge is 2.28. The van der Waals surface area contributed by atoms with Gasteiger partial charge in [-0.1, -0.05) is 120 Å². The summed E-state index contributed by atoms with van der Waals surface area (Å²) < 4.78 is 10.9. The fourth-order valence-electron chi connectivity index (χ4n) is 5.14. The van der Waals surface area contributed by atoms with Crippen molar-refractivity contribution in [2.24, 2.45) is 0 Å². The average Bonchev–Trinajstić information content (AvgIpc) is 3.73. The number of hydrogen-bond donors (Lipinski definition) is 0. The van der Waals surface area contributed by atoms with E-state index in [2.05, 4.69) is 99.0 Å². The van der Waals surface area contributed by atoms with Gasteiger partial charge in [0.25, 0.3) is 0 Å². The summed E-state index contributed by atoms with van der Waals surface area (Å²) in [7, 11) is -3.11. The van der Waals surface area contributed by atoms with Crippen LogP contribution in [0.3, 0.4) is 0 Å². The highest BCUT2D eigenvalue weighted by molar-refractivity contribution is 6.89.